The zero-order valence-electron chi connectivity index (χ0n) is 21.2. The van der Waals surface area contributed by atoms with Crippen LogP contribution >= 0.6 is 11.6 Å². The van der Waals surface area contributed by atoms with E-state index in [-0.39, 0.29) is 0 Å². The lowest BCUT2D eigenvalue weighted by atomic mass is 10.1. The van der Waals surface area contributed by atoms with Gasteiger partial charge >= 0.3 is 0 Å². The first-order chi connectivity index (χ1) is 17.6. The molecule has 194 valence electrons. The number of ether oxygens (including phenoxy) is 4. The second-order valence-electron chi connectivity index (χ2n) is 9.14. The SMILES string of the molecule is CCc1nccn1CCCOc1cccc(CN2CCOC[C@@](COc3cccc(Cl)c3)(OC)C2)c1. The van der Waals surface area contributed by atoms with Crippen molar-refractivity contribution in [3.05, 3.63) is 77.3 Å². The van der Waals surface area contributed by atoms with E-state index < -0.39 is 5.60 Å². The van der Waals surface area contributed by atoms with Crippen LogP contribution in [0.2, 0.25) is 5.02 Å². The van der Waals surface area contributed by atoms with Crippen LogP contribution in [0.4, 0.5) is 0 Å². The highest BCUT2D eigenvalue weighted by Gasteiger charge is 2.36. The van der Waals surface area contributed by atoms with Gasteiger partial charge in [-0.15, -0.1) is 0 Å². The van der Waals surface area contributed by atoms with E-state index in [0.717, 1.165) is 49.8 Å². The molecule has 36 heavy (non-hydrogen) atoms. The van der Waals surface area contributed by atoms with Crippen molar-refractivity contribution in [3.63, 3.8) is 0 Å². The van der Waals surface area contributed by atoms with E-state index in [1.165, 1.54) is 5.56 Å². The summed E-state index contributed by atoms with van der Waals surface area (Å²) in [5.74, 6) is 2.73. The van der Waals surface area contributed by atoms with E-state index in [4.69, 9.17) is 30.5 Å². The lowest BCUT2D eigenvalue weighted by Crippen LogP contribution is -2.50. The van der Waals surface area contributed by atoms with Crippen molar-refractivity contribution in [1.29, 1.82) is 0 Å². The maximum Gasteiger partial charge on any atom is 0.137 e. The fourth-order valence-electron chi connectivity index (χ4n) is 4.44. The van der Waals surface area contributed by atoms with Crippen molar-refractivity contribution in [3.8, 4) is 11.5 Å². The third-order valence-corrected chi connectivity index (χ3v) is 6.63. The number of hydrogen-bond acceptors (Lipinski definition) is 6. The molecule has 0 N–H and O–H groups in total. The van der Waals surface area contributed by atoms with Crippen molar-refractivity contribution in [2.75, 3.05) is 46.6 Å². The smallest absolute Gasteiger partial charge is 0.137 e. The molecule has 1 saturated heterocycles. The van der Waals surface area contributed by atoms with Crippen LogP contribution in [-0.2, 0) is 29.0 Å². The van der Waals surface area contributed by atoms with Crippen LogP contribution in [0, 0.1) is 0 Å². The summed E-state index contributed by atoms with van der Waals surface area (Å²) in [5, 5.41) is 0.646. The fraction of sp³-hybridized carbons (Fsp3) is 0.464. The van der Waals surface area contributed by atoms with E-state index in [9.17, 15) is 0 Å². The summed E-state index contributed by atoms with van der Waals surface area (Å²) < 4.78 is 26.2. The molecule has 0 saturated carbocycles. The molecule has 0 radical (unpaired) electrons. The van der Waals surface area contributed by atoms with Crippen molar-refractivity contribution >= 4 is 11.6 Å². The van der Waals surface area contributed by atoms with Crippen LogP contribution in [0.3, 0.4) is 0 Å². The van der Waals surface area contributed by atoms with Gasteiger partial charge in [0.05, 0.1) is 19.8 Å². The second-order valence-corrected chi connectivity index (χ2v) is 9.57. The highest BCUT2D eigenvalue weighted by molar-refractivity contribution is 6.30. The molecule has 0 bridgehead atoms. The largest absolute Gasteiger partial charge is 0.494 e. The van der Waals surface area contributed by atoms with Crippen LogP contribution in [0.1, 0.15) is 24.7 Å². The third kappa shape index (κ3) is 7.46. The van der Waals surface area contributed by atoms with Crippen molar-refractivity contribution in [2.24, 2.45) is 0 Å². The highest BCUT2D eigenvalue weighted by Crippen LogP contribution is 2.23. The van der Waals surface area contributed by atoms with Gasteiger partial charge in [0.25, 0.3) is 0 Å². The number of halogens is 1. The Morgan fingerprint density at radius 1 is 1.11 bits per heavy atom. The van der Waals surface area contributed by atoms with Crippen molar-refractivity contribution in [2.45, 2.75) is 38.5 Å². The molecule has 1 aliphatic rings. The van der Waals surface area contributed by atoms with Gasteiger partial charge in [-0.3, -0.25) is 4.90 Å². The van der Waals surface area contributed by atoms with Crippen molar-refractivity contribution < 1.29 is 18.9 Å². The van der Waals surface area contributed by atoms with Gasteiger partial charge in [-0.2, -0.15) is 0 Å². The van der Waals surface area contributed by atoms with Crippen LogP contribution in [0.5, 0.6) is 11.5 Å². The third-order valence-electron chi connectivity index (χ3n) is 6.39. The number of aromatic nitrogens is 2. The first-order valence-electron chi connectivity index (χ1n) is 12.5. The topological polar surface area (TPSA) is 58.0 Å². The molecule has 0 spiro atoms. The van der Waals surface area contributed by atoms with Gasteiger partial charge in [-0.25, -0.2) is 4.98 Å². The normalized spacial score (nSPS) is 18.6. The van der Waals surface area contributed by atoms with Crippen LogP contribution in [-0.4, -0.2) is 66.7 Å². The zero-order valence-corrected chi connectivity index (χ0v) is 22.0. The summed E-state index contributed by atoms with van der Waals surface area (Å²) in [5.41, 5.74) is 0.621. The Labute approximate surface area is 218 Å². The van der Waals surface area contributed by atoms with Crippen LogP contribution < -0.4 is 9.47 Å². The van der Waals surface area contributed by atoms with Crippen molar-refractivity contribution in [1.82, 2.24) is 14.5 Å². The number of imidazole rings is 1. The molecule has 2 heterocycles. The number of hydrogen-bond donors (Lipinski definition) is 0. The summed E-state index contributed by atoms with van der Waals surface area (Å²) >= 11 is 6.10. The fourth-order valence-corrected chi connectivity index (χ4v) is 4.62. The Bertz CT molecular complexity index is 1090. The molecular weight excluding hydrogens is 478 g/mol. The average molecular weight is 514 g/mol. The molecule has 1 fully saturated rings. The summed E-state index contributed by atoms with van der Waals surface area (Å²) in [6, 6.07) is 15.7. The predicted molar refractivity (Wildman–Crippen MR) is 141 cm³/mol. The number of methoxy groups -OCH3 is 1. The summed E-state index contributed by atoms with van der Waals surface area (Å²) in [4.78, 5) is 6.73. The number of nitrogens with zero attached hydrogens (tertiary/aromatic N) is 3. The Balaban J connectivity index is 1.31. The predicted octanol–water partition coefficient (Wildman–Crippen LogP) is 4.86. The molecule has 8 heteroatoms. The first-order valence-corrected chi connectivity index (χ1v) is 12.9. The van der Waals surface area contributed by atoms with Gasteiger partial charge in [0.15, 0.2) is 0 Å². The molecule has 7 nitrogen and oxygen atoms in total. The average Bonchev–Trinajstić information content (AvgIpc) is 3.25. The zero-order chi connectivity index (χ0) is 25.2. The van der Waals surface area contributed by atoms with E-state index in [1.54, 1.807) is 7.11 Å². The summed E-state index contributed by atoms with van der Waals surface area (Å²) in [6.45, 7) is 7.48. The van der Waals surface area contributed by atoms with E-state index >= 15 is 0 Å². The molecule has 0 amide bonds. The Kier molecular flexibility index (Phi) is 9.64. The molecule has 0 unspecified atom stereocenters. The number of rotatable bonds is 12. The lowest BCUT2D eigenvalue weighted by molar-refractivity contribution is -0.0925. The molecule has 1 atom stereocenters. The van der Waals surface area contributed by atoms with Crippen LogP contribution in [0.25, 0.3) is 0 Å². The Hall–Kier alpha value is -2.58. The van der Waals surface area contributed by atoms with E-state index in [2.05, 4.69) is 39.6 Å². The molecule has 0 aliphatic carbocycles. The molecule has 2 aromatic carbocycles. The molecule has 4 rings (SSSR count). The molecule has 3 aromatic rings. The minimum atomic E-state index is -0.572. The van der Waals surface area contributed by atoms with E-state index in [0.29, 0.717) is 38.0 Å². The first kappa shape index (κ1) is 26.5. The standard InChI is InChI=1S/C28H36ClN3O4/c1-3-27-30-11-13-32(27)12-6-15-35-25-9-4-7-23(17-25)19-31-14-16-34-21-28(20-31,33-2)22-36-26-10-5-8-24(29)18-26/h4-5,7-11,13,17-18H,3,6,12,14-16,19-22H2,1-2H3/t28-/m0/s1. The second kappa shape index (κ2) is 13.1. The lowest BCUT2D eigenvalue weighted by Gasteiger charge is -2.34. The number of benzene rings is 2. The van der Waals surface area contributed by atoms with Crippen LogP contribution in [0.15, 0.2) is 60.9 Å². The minimum Gasteiger partial charge on any atom is -0.494 e. The summed E-state index contributed by atoms with van der Waals surface area (Å²) in [7, 11) is 1.72. The highest BCUT2D eigenvalue weighted by atomic mass is 35.5. The van der Waals surface area contributed by atoms with E-state index in [1.807, 2.05) is 42.7 Å². The quantitative estimate of drug-likeness (QED) is 0.322. The monoisotopic (exact) mass is 513 g/mol. The van der Waals surface area contributed by atoms with Gasteiger partial charge < -0.3 is 23.5 Å². The molecule has 1 aliphatic heterocycles. The van der Waals surface area contributed by atoms with Gasteiger partial charge in [0, 0.05) is 57.1 Å². The molecular formula is C28H36ClN3O4. The van der Waals surface area contributed by atoms with Gasteiger partial charge in [0.2, 0.25) is 0 Å². The number of aryl methyl sites for hydroxylation is 2. The van der Waals surface area contributed by atoms with Gasteiger partial charge in [-0.1, -0.05) is 36.7 Å². The van der Waals surface area contributed by atoms with Gasteiger partial charge in [0.1, 0.15) is 29.5 Å². The Morgan fingerprint density at radius 2 is 1.94 bits per heavy atom. The van der Waals surface area contributed by atoms with Gasteiger partial charge in [-0.05, 0) is 42.3 Å². The minimum absolute atomic E-state index is 0.375. The maximum absolute atomic E-state index is 6.10. The summed E-state index contributed by atoms with van der Waals surface area (Å²) in [6.07, 6.45) is 5.76. The maximum atomic E-state index is 6.10. The Morgan fingerprint density at radius 3 is 2.75 bits per heavy atom. The molecule has 1 aromatic heterocycles.